The molecule has 3 N–H and O–H groups in total. The molecular weight excluding hydrogens is 254 g/mol. The lowest BCUT2D eigenvalue weighted by Gasteiger charge is -2.33. The molecule has 0 aromatic rings. The highest BCUT2D eigenvalue weighted by Crippen LogP contribution is 2.17. The van der Waals surface area contributed by atoms with Gasteiger partial charge in [-0.25, -0.2) is 0 Å². The maximum absolute atomic E-state index is 12.2. The minimum atomic E-state index is -0.427. The first-order chi connectivity index (χ1) is 9.21. The predicted molar refractivity (Wildman–Crippen MR) is 80.2 cm³/mol. The predicted octanol–water partition coefficient (Wildman–Crippen LogP) is 0.899. The van der Waals surface area contributed by atoms with E-state index in [0.29, 0.717) is 19.0 Å². The minimum absolute atomic E-state index is 0.00561. The quantitative estimate of drug-likeness (QED) is 0.718. The smallest absolute Gasteiger partial charge is 0.226 e. The Kier molecular flexibility index (Phi) is 5.99. The van der Waals surface area contributed by atoms with Crippen molar-refractivity contribution in [1.29, 1.82) is 0 Å². The van der Waals surface area contributed by atoms with Gasteiger partial charge in [-0.15, -0.1) is 0 Å². The Balaban J connectivity index is 2.62. The maximum atomic E-state index is 12.2. The van der Waals surface area contributed by atoms with E-state index in [4.69, 9.17) is 0 Å². The van der Waals surface area contributed by atoms with Crippen LogP contribution in [-0.2, 0) is 9.59 Å². The number of carbonyl (C=O) groups excluding carboxylic acids is 2. The molecule has 2 atom stereocenters. The van der Waals surface area contributed by atoms with Gasteiger partial charge in [0.05, 0.1) is 5.92 Å². The number of hydrogen-bond donors (Lipinski definition) is 3. The number of piperidine rings is 1. The summed E-state index contributed by atoms with van der Waals surface area (Å²) in [7, 11) is 0. The normalized spacial score (nSPS) is 23.5. The van der Waals surface area contributed by atoms with Crippen LogP contribution < -0.4 is 16.0 Å². The van der Waals surface area contributed by atoms with Crippen molar-refractivity contribution in [3.8, 4) is 0 Å². The Labute approximate surface area is 122 Å². The van der Waals surface area contributed by atoms with Crippen LogP contribution in [0.5, 0.6) is 0 Å². The highest BCUT2D eigenvalue weighted by Gasteiger charge is 2.34. The average molecular weight is 283 g/mol. The summed E-state index contributed by atoms with van der Waals surface area (Å²) >= 11 is 0. The third kappa shape index (κ3) is 5.12. The van der Waals surface area contributed by atoms with E-state index in [1.54, 1.807) is 0 Å². The Morgan fingerprint density at radius 1 is 1.30 bits per heavy atom. The first-order valence-corrected chi connectivity index (χ1v) is 7.51. The van der Waals surface area contributed by atoms with Crippen LogP contribution in [0.2, 0.25) is 0 Å². The summed E-state index contributed by atoms with van der Waals surface area (Å²) in [5, 5.41) is 9.23. The second-order valence-corrected chi connectivity index (χ2v) is 7.07. The van der Waals surface area contributed by atoms with E-state index in [9.17, 15) is 9.59 Å². The highest BCUT2D eigenvalue weighted by atomic mass is 16.2. The number of amides is 2. The third-order valence-electron chi connectivity index (χ3n) is 3.50. The molecule has 116 valence electrons. The Morgan fingerprint density at radius 2 is 1.95 bits per heavy atom. The number of nitrogens with one attached hydrogen (secondary N) is 3. The van der Waals surface area contributed by atoms with Gasteiger partial charge in [-0.2, -0.15) is 0 Å². The van der Waals surface area contributed by atoms with Crippen LogP contribution >= 0.6 is 0 Å². The zero-order valence-corrected chi connectivity index (χ0v) is 13.4. The summed E-state index contributed by atoms with van der Waals surface area (Å²) in [5.41, 5.74) is -0.427. The van der Waals surface area contributed by atoms with Crippen LogP contribution in [0.25, 0.3) is 0 Å². The van der Waals surface area contributed by atoms with Gasteiger partial charge in [0.25, 0.3) is 0 Å². The molecule has 5 heteroatoms. The van der Waals surface area contributed by atoms with Gasteiger partial charge in [0.2, 0.25) is 11.8 Å². The molecule has 5 nitrogen and oxygen atoms in total. The van der Waals surface area contributed by atoms with Crippen LogP contribution in [0.15, 0.2) is 0 Å². The summed E-state index contributed by atoms with van der Waals surface area (Å²) in [6.45, 7) is 11.9. The van der Waals surface area contributed by atoms with Crippen molar-refractivity contribution in [3.05, 3.63) is 0 Å². The van der Waals surface area contributed by atoms with Crippen molar-refractivity contribution in [2.24, 2.45) is 17.3 Å². The standard InChI is InChI=1S/C15H29N3O2/c1-10(2)8-17-13(19)11-9-16-7-6-12(11)18-14(20)15(3,4)5/h10-12,16H,6-9H2,1-5H3,(H,17,19)(H,18,20)/t11-,12-/m0/s1. The number of carbonyl (C=O) groups is 2. The topological polar surface area (TPSA) is 70.2 Å². The van der Waals surface area contributed by atoms with Gasteiger partial charge in [-0.05, 0) is 18.9 Å². The summed E-state index contributed by atoms with van der Waals surface area (Å²) in [6.07, 6.45) is 0.793. The van der Waals surface area contributed by atoms with E-state index in [1.165, 1.54) is 0 Å². The van der Waals surface area contributed by atoms with Crippen LogP contribution in [0.3, 0.4) is 0 Å². The van der Waals surface area contributed by atoms with Gasteiger partial charge >= 0.3 is 0 Å². The molecule has 1 rings (SSSR count). The zero-order chi connectivity index (χ0) is 15.3. The summed E-state index contributed by atoms with van der Waals surface area (Å²) in [4.78, 5) is 24.3. The molecule has 0 aromatic carbocycles. The third-order valence-corrected chi connectivity index (χ3v) is 3.50. The first kappa shape index (κ1) is 17.0. The Hall–Kier alpha value is -1.10. The van der Waals surface area contributed by atoms with Gasteiger partial charge in [-0.3, -0.25) is 9.59 Å². The molecule has 1 fully saturated rings. The molecule has 1 heterocycles. The average Bonchev–Trinajstić information content (AvgIpc) is 2.35. The lowest BCUT2D eigenvalue weighted by molar-refractivity contribution is -0.131. The van der Waals surface area contributed by atoms with E-state index in [1.807, 2.05) is 20.8 Å². The van der Waals surface area contributed by atoms with Crippen molar-refractivity contribution in [3.63, 3.8) is 0 Å². The largest absolute Gasteiger partial charge is 0.355 e. The summed E-state index contributed by atoms with van der Waals surface area (Å²) in [5.74, 6) is 0.281. The minimum Gasteiger partial charge on any atom is -0.355 e. The molecule has 20 heavy (non-hydrogen) atoms. The van der Waals surface area contributed by atoms with E-state index >= 15 is 0 Å². The van der Waals surface area contributed by atoms with E-state index in [2.05, 4.69) is 29.8 Å². The molecule has 1 aliphatic heterocycles. The fourth-order valence-corrected chi connectivity index (χ4v) is 2.13. The van der Waals surface area contributed by atoms with E-state index in [0.717, 1.165) is 13.0 Å². The molecule has 0 aliphatic carbocycles. The molecule has 0 aromatic heterocycles. The van der Waals surface area contributed by atoms with Crippen molar-refractivity contribution in [2.45, 2.75) is 47.1 Å². The molecule has 0 bridgehead atoms. The van der Waals surface area contributed by atoms with Crippen LogP contribution in [-0.4, -0.2) is 37.5 Å². The Bertz CT molecular complexity index is 348. The van der Waals surface area contributed by atoms with Crippen molar-refractivity contribution in [2.75, 3.05) is 19.6 Å². The fraction of sp³-hybridized carbons (Fsp3) is 0.867. The van der Waals surface area contributed by atoms with E-state index in [-0.39, 0.29) is 23.8 Å². The summed E-state index contributed by atoms with van der Waals surface area (Å²) < 4.78 is 0. The van der Waals surface area contributed by atoms with Gasteiger partial charge in [0, 0.05) is 24.5 Å². The molecule has 2 amide bonds. The van der Waals surface area contributed by atoms with Gasteiger partial charge in [0.15, 0.2) is 0 Å². The molecule has 0 radical (unpaired) electrons. The molecule has 1 aliphatic rings. The monoisotopic (exact) mass is 283 g/mol. The highest BCUT2D eigenvalue weighted by molar-refractivity contribution is 5.84. The van der Waals surface area contributed by atoms with Gasteiger partial charge < -0.3 is 16.0 Å². The maximum Gasteiger partial charge on any atom is 0.226 e. The van der Waals surface area contributed by atoms with Gasteiger partial charge in [-0.1, -0.05) is 34.6 Å². The van der Waals surface area contributed by atoms with Crippen LogP contribution in [0.4, 0.5) is 0 Å². The second-order valence-electron chi connectivity index (χ2n) is 7.07. The second kappa shape index (κ2) is 7.07. The SMILES string of the molecule is CC(C)CNC(=O)[C@H]1CNCC[C@@H]1NC(=O)C(C)(C)C. The molecule has 0 spiro atoms. The molecule has 0 saturated carbocycles. The molecule has 0 unspecified atom stereocenters. The molecule has 1 saturated heterocycles. The van der Waals surface area contributed by atoms with Crippen LogP contribution in [0, 0.1) is 17.3 Å². The summed E-state index contributed by atoms with van der Waals surface area (Å²) in [6, 6.07) is -0.0739. The fourth-order valence-electron chi connectivity index (χ4n) is 2.13. The number of rotatable bonds is 4. The Morgan fingerprint density at radius 3 is 2.50 bits per heavy atom. The van der Waals surface area contributed by atoms with Crippen LogP contribution in [0.1, 0.15) is 41.0 Å². The van der Waals surface area contributed by atoms with Gasteiger partial charge in [0.1, 0.15) is 0 Å². The van der Waals surface area contributed by atoms with Crippen molar-refractivity contribution >= 4 is 11.8 Å². The zero-order valence-electron chi connectivity index (χ0n) is 13.4. The first-order valence-electron chi connectivity index (χ1n) is 7.51. The lowest BCUT2D eigenvalue weighted by atomic mass is 9.89. The van der Waals surface area contributed by atoms with E-state index < -0.39 is 5.41 Å². The van der Waals surface area contributed by atoms with Crippen molar-refractivity contribution < 1.29 is 9.59 Å². The number of hydrogen-bond acceptors (Lipinski definition) is 3. The lowest BCUT2D eigenvalue weighted by Crippen LogP contribution is -2.56. The van der Waals surface area contributed by atoms with Crippen molar-refractivity contribution in [1.82, 2.24) is 16.0 Å². The molecular formula is C15H29N3O2.